The summed E-state index contributed by atoms with van der Waals surface area (Å²) >= 11 is 0. The largest absolute Gasteiger partial charge is 0.360 e. The molecule has 1 aromatic heterocycles. The maximum Gasteiger partial charge on any atom is 0.248 e. The minimum Gasteiger partial charge on any atom is -0.360 e. The average molecular weight is 424 g/mol. The molecule has 3 fully saturated rings. The summed E-state index contributed by atoms with van der Waals surface area (Å²) in [4.78, 5) is 13.3. The predicted octanol–water partition coefficient (Wildman–Crippen LogP) is 3.02. The first-order valence-corrected chi connectivity index (χ1v) is 12.2. The zero-order valence-corrected chi connectivity index (χ0v) is 18.9. The van der Waals surface area contributed by atoms with Crippen LogP contribution in [0.25, 0.3) is 0 Å². The van der Waals surface area contributed by atoms with E-state index in [2.05, 4.69) is 31.2 Å². The standard InChI is InChI=1S/C21H33N3O4S/c1-13-18(14(2)28-23-13)29(26,27)24-10-6-7-15(12-24)19(25)22-17-11-16-8-9-21(17,5)20(16,3)4/h15-17H,6-12H2,1-5H3,(H,22,25). The molecule has 2 aliphatic carbocycles. The maximum absolute atomic E-state index is 13.1. The lowest BCUT2D eigenvalue weighted by Gasteiger charge is -2.40. The molecule has 162 valence electrons. The van der Waals surface area contributed by atoms with Crippen LogP contribution in [0.15, 0.2) is 9.42 Å². The highest BCUT2D eigenvalue weighted by Gasteiger charge is 2.61. The van der Waals surface area contributed by atoms with Gasteiger partial charge in [-0.3, -0.25) is 4.79 Å². The van der Waals surface area contributed by atoms with Gasteiger partial charge in [0.25, 0.3) is 0 Å². The molecule has 0 spiro atoms. The number of carbonyl (C=O) groups excluding carboxylic acids is 1. The lowest BCUT2D eigenvalue weighted by Crippen LogP contribution is -2.51. The van der Waals surface area contributed by atoms with E-state index in [1.165, 1.54) is 10.7 Å². The van der Waals surface area contributed by atoms with Gasteiger partial charge in [0.05, 0.1) is 5.92 Å². The maximum atomic E-state index is 13.1. The van der Waals surface area contributed by atoms with Crippen LogP contribution in [0.1, 0.15) is 64.3 Å². The quantitative estimate of drug-likeness (QED) is 0.804. The number of aryl methyl sites for hydroxylation is 2. The van der Waals surface area contributed by atoms with Gasteiger partial charge in [-0.2, -0.15) is 4.31 Å². The highest BCUT2D eigenvalue weighted by atomic mass is 32.2. The predicted molar refractivity (Wildman–Crippen MR) is 109 cm³/mol. The van der Waals surface area contributed by atoms with Crippen molar-refractivity contribution < 1.29 is 17.7 Å². The molecule has 1 saturated heterocycles. The first-order valence-electron chi connectivity index (χ1n) is 10.7. The van der Waals surface area contributed by atoms with Crippen molar-refractivity contribution >= 4 is 15.9 Å². The van der Waals surface area contributed by atoms with Crippen molar-refractivity contribution in [2.45, 2.75) is 77.7 Å². The second-order valence-electron chi connectivity index (χ2n) is 10.0. The van der Waals surface area contributed by atoms with Crippen LogP contribution in [0.4, 0.5) is 0 Å². The van der Waals surface area contributed by atoms with E-state index in [1.807, 2.05) is 0 Å². The molecule has 0 aromatic carbocycles. The Morgan fingerprint density at radius 2 is 1.97 bits per heavy atom. The molecule has 1 aliphatic heterocycles. The van der Waals surface area contributed by atoms with Crippen molar-refractivity contribution in [2.75, 3.05) is 13.1 Å². The van der Waals surface area contributed by atoms with Gasteiger partial charge in [-0.25, -0.2) is 8.42 Å². The Morgan fingerprint density at radius 1 is 1.24 bits per heavy atom. The topological polar surface area (TPSA) is 92.5 Å². The third kappa shape index (κ3) is 3.05. The number of fused-ring (bicyclic) bond motifs is 2. The molecular weight excluding hydrogens is 390 g/mol. The Balaban J connectivity index is 1.47. The normalized spacial score (nSPS) is 34.4. The number of hydrogen-bond donors (Lipinski definition) is 1. The molecule has 2 heterocycles. The second-order valence-corrected chi connectivity index (χ2v) is 11.9. The minimum absolute atomic E-state index is 0.00163. The Kier molecular flexibility index (Phi) is 4.89. The van der Waals surface area contributed by atoms with Crippen molar-refractivity contribution in [3.8, 4) is 0 Å². The molecular formula is C21H33N3O4S. The van der Waals surface area contributed by atoms with Crippen LogP contribution in [-0.4, -0.2) is 42.9 Å². The molecule has 4 unspecified atom stereocenters. The van der Waals surface area contributed by atoms with Crippen LogP contribution in [0.5, 0.6) is 0 Å². The van der Waals surface area contributed by atoms with Crippen LogP contribution in [0, 0.1) is 36.5 Å². The molecule has 7 nitrogen and oxygen atoms in total. The highest BCUT2D eigenvalue weighted by Crippen LogP contribution is 2.65. The van der Waals surface area contributed by atoms with Gasteiger partial charge in [0.15, 0.2) is 5.76 Å². The molecule has 1 aromatic rings. The number of carbonyl (C=O) groups is 1. The molecule has 1 N–H and O–H groups in total. The summed E-state index contributed by atoms with van der Waals surface area (Å²) < 4.78 is 32.8. The molecule has 29 heavy (non-hydrogen) atoms. The van der Waals surface area contributed by atoms with Crippen molar-refractivity contribution in [3.63, 3.8) is 0 Å². The van der Waals surface area contributed by atoms with E-state index in [0.29, 0.717) is 30.3 Å². The van der Waals surface area contributed by atoms with Gasteiger partial charge in [-0.05, 0) is 62.7 Å². The fourth-order valence-corrected chi connectivity index (χ4v) is 7.87. The highest BCUT2D eigenvalue weighted by molar-refractivity contribution is 7.89. The van der Waals surface area contributed by atoms with Crippen LogP contribution in [0.3, 0.4) is 0 Å². The Bertz CT molecular complexity index is 903. The Hall–Kier alpha value is -1.41. The Morgan fingerprint density at radius 3 is 2.52 bits per heavy atom. The number of nitrogens with zero attached hydrogens (tertiary/aromatic N) is 2. The molecule has 4 atom stereocenters. The van der Waals surface area contributed by atoms with E-state index in [1.54, 1.807) is 13.8 Å². The molecule has 8 heteroatoms. The fourth-order valence-electron chi connectivity index (χ4n) is 6.06. The summed E-state index contributed by atoms with van der Waals surface area (Å²) in [6, 6.07) is 0.179. The second kappa shape index (κ2) is 6.80. The van der Waals surface area contributed by atoms with Crippen molar-refractivity contribution in [1.82, 2.24) is 14.8 Å². The van der Waals surface area contributed by atoms with Crippen molar-refractivity contribution in [1.29, 1.82) is 0 Å². The lowest BCUT2D eigenvalue weighted by atomic mass is 9.69. The van der Waals surface area contributed by atoms with E-state index in [0.717, 1.165) is 19.3 Å². The summed E-state index contributed by atoms with van der Waals surface area (Å²) in [5.41, 5.74) is 0.715. The Labute approximate surface area is 173 Å². The number of amides is 1. The zero-order chi connectivity index (χ0) is 21.2. The number of aromatic nitrogens is 1. The third-order valence-electron chi connectivity index (χ3n) is 8.43. The zero-order valence-electron chi connectivity index (χ0n) is 18.1. The first-order chi connectivity index (χ1) is 13.5. The van der Waals surface area contributed by atoms with E-state index in [-0.39, 0.29) is 40.1 Å². The van der Waals surface area contributed by atoms with E-state index in [4.69, 9.17) is 4.52 Å². The summed E-state index contributed by atoms with van der Waals surface area (Å²) in [5, 5.41) is 7.10. The van der Waals surface area contributed by atoms with Gasteiger partial charge >= 0.3 is 0 Å². The van der Waals surface area contributed by atoms with Crippen LogP contribution >= 0.6 is 0 Å². The van der Waals surface area contributed by atoms with Gasteiger partial charge in [-0.15, -0.1) is 0 Å². The molecule has 0 radical (unpaired) electrons. The molecule has 3 aliphatic rings. The van der Waals surface area contributed by atoms with Gasteiger partial charge in [0.2, 0.25) is 15.9 Å². The SMILES string of the molecule is Cc1noc(C)c1S(=O)(=O)N1CCCC(C(=O)NC2CC3CCC2(C)C3(C)C)C1. The molecule has 2 bridgehead atoms. The third-order valence-corrected chi connectivity index (χ3v) is 10.5. The number of piperidine rings is 1. The van der Waals surface area contributed by atoms with Crippen LogP contribution in [-0.2, 0) is 14.8 Å². The fraction of sp³-hybridized carbons (Fsp3) is 0.810. The molecule has 1 amide bonds. The number of rotatable bonds is 4. The molecule has 4 rings (SSSR count). The lowest BCUT2D eigenvalue weighted by molar-refractivity contribution is -0.127. The first kappa shape index (κ1) is 20.8. The summed E-state index contributed by atoms with van der Waals surface area (Å²) in [6.07, 6.45) is 4.81. The van der Waals surface area contributed by atoms with Gasteiger partial charge < -0.3 is 9.84 Å². The van der Waals surface area contributed by atoms with Gasteiger partial charge in [-0.1, -0.05) is 25.9 Å². The summed E-state index contributed by atoms with van der Waals surface area (Å²) in [7, 11) is -3.72. The number of hydrogen-bond acceptors (Lipinski definition) is 5. The monoisotopic (exact) mass is 423 g/mol. The van der Waals surface area contributed by atoms with E-state index in [9.17, 15) is 13.2 Å². The van der Waals surface area contributed by atoms with Gasteiger partial charge in [0, 0.05) is 19.1 Å². The number of sulfonamides is 1. The average Bonchev–Trinajstić information content (AvgIpc) is 3.18. The molecule has 2 saturated carbocycles. The van der Waals surface area contributed by atoms with Crippen LogP contribution < -0.4 is 5.32 Å². The minimum atomic E-state index is -3.72. The van der Waals surface area contributed by atoms with E-state index >= 15 is 0 Å². The van der Waals surface area contributed by atoms with Crippen molar-refractivity contribution in [2.24, 2.45) is 22.7 Å². The smallest absolute Gasteiger partial charge is 0.248 e. The summed E-state index contributed by atoms with van der Waals surface area (Å²) in [5.74, 6) is 0.634. The van der Waals surface area contributed by atoms with Crippen LogP contribution in [0.2, 0.25) is 0 Å². The number of nitrogens with one attached hydrogen (secondary N) is 1. The summed E-state index contributed by atoms with van der Waals surface area (Å²) in [6.45, 7) is 10.8. The van der Waals surface area contributed by atoms with Gasteiger partial charge in [0.1, 0.15) is 10.6 Å². The van der Waals surface area contributed by atoms with Crippen molar-refractivity contribution in [3.05, 3.63) is 11.5 Å². The van der Waals surface area contributed by atoms with E-state index < -0.39 is 10.0 Å².